The first-order chi connectivity index (χ1) is 13.9. The Bertz CT molecular complexity index is 927. The summed E-state index contributed by atoms with van der Waals surface area (Å²) in [6, 6.07) is 15.5. The van der Waals surface area contributed by atoms with E-state index in [9.17, 15) is 0 Å². The molecule has 2 heteroatoms. The summed E-state index contributed by atoms with van der Waals surface area (Å²) in [6.07, 6.45) is 0. The Labute approximate surface area is 194 Å². The van der Waals surface area contributed by atoms with E-state index in [0.717, 1.165) is 5.56 Å². The Kier molecular flexibility index (Phi) is 7.42. The van der Waals surface area contributed by atoms with Crippen LogP contribution in [0.1, 0.15) is 84.6 Å². The molecule has 0 aliphatic heterocycles. The van der Waals surface area contributed by atoms with Gasteiger partial charge in [0.2, 0.25) is 0 Å². The zero-order valence-corrected chi connectivity index (χ0v) is 23.9. The van der Waals surface area contributed by atoms with E-state index in [2.05, 4.69) is 136 Å². The first-order valence-corrected chi connectivity index (χ1v) is 17.2. The van der Waals surface area contributed by atoms with Crippen LogP contribution in [0.4, 0.5) is 0 Å². The van der Waals surface area contributed by atoms with Crippen LogP contribution < -0.4 is 5.30 Å². The van der Waals surface area contributed by atoms with Crippen molar-refractivity contribution in [2.75, 3.05) is 0 Å². The van der Waals surface area contributed by atoms with Gasteiger partial charge in [-0.1, -0.05) is 124 Å². The Morgan fingerprint density at radius 3 is 1.48 bits per heavy atom. The van der Waals surface area contributed by atoms with Crippen molar-refractivity contribution < 1.29 is 0 Å². The van der Waals surface area contributed by atoms with E-state index in [1.165, 1.54) is 16.7 Å². The lowest BCUT2D eigenvalue weighted by atomic mass is 9.75. The minimum Gasteiger partial charge on any atom is -0.0710 e. The summed E-state index contributed by atoms with van der Waals surface area (Å²) in [6.45, 7) is 28.7. The van der Waals surface area contributed by atoms with Crippen LogP contribution in [0.5, 0.6) is 0 Å². The van der Waals surface area contributed by atoms with Crippen LogP contribution >= 0.6 is 7.47 Å². The predicted molar refractivity (Wildman–Crippen MR) is 146 cm³/mol. The van der Waals surface area contributed by atoms with Gasteiger partial charge in [0.1, 0.15) is 0 Å². The van der Waals surface area contributed by atoms with Gasteiger partial charge in [-0.3, -0.25) is 0 Å². The molecule has 2 rings (SSSR count). The molecular weight excluding hydrogens is 407 g/mol. The number of hydrogen-bond donors (Lipinski definition) is 0. The average Bonchev–Trinajstić information content (AvgIpc) is 2.58. The zero-order valence-electron chi connectivity index (χ0n) is 22.0. The topological polar surface area (TPSA) is 0 Å². The lowest BCUT2D eigenvalue weighted by molar-refractivity contribution is 0.554. The lowest BCUT2D eigenvalue weighted by Crippen LogP contribution is -2.36. The van der Waals surface area contributed by atoms with E-state index in [-0.39, 0.29) is 16.2 Å². The molecule has 0 fully saturated rings. The molecule has 0 heterocycles. The third kappa shape index (κ3) is 6.57. The van der Waals surface area contributed by atoms with Crippen LogP contribution in [-0.4, -0.2) is 7.74 Å². The van der Waals surface area contributed by atoms with Gasteiger partial charge in [0.15, 0.2) is 0 Å². The standard InChI is InChI=1S/C29H43PSi/c1-27(2,3)23-20-24(28(4,5)6)26(25(21-23)29(7,8)9)30(31(10,11)12)19-18-22-16-14-13-15-17-22/h13-17,20-21H,1-12H3. The molecule has 168 valence electrons. The molecule has 2 aromatic rings. The van der Waals surface area contributed by atoms with Gasteiger partial charge < -0.3 is 0 Å². The highest BCUT2D eigenvalue weighted by atomic mass is 31.4. The summed E-state index contributed by atoms with van der Waals surface area (Å²) in [7, 11) is -2.13. The fourth-order valence-electron chi connectivity index (χ4n) is 3.65. The molecular formula is C29H43PSi. The van der Waals surface area contributed by atoms with Crippen LogP contribution in [-0.2, 0) is 16.2 Å². The Hall–Kier alpha value is -1.35. The zero-order chi connectivity index (χ0) is 23.8. The molecule has 0 aliphatic rings. The van der Waals surface area contributed by atoms with E-state index in [0.29, 0.717) is 0 Å². The van der Waals surface area contributed by atoms with E-state index in [1.54, 1.807) is 5.30 Å². The van der Waals surface area contributed by atoms with Crippen LogP contribution in [0.25, 0.3) is 0 Å². The van der Waals surface area contributed by atoms with Crippen molar-refractivity contribution in [3.63, 3.8) is 0 Å². The van der Waals surface area contributed by atoms with Crippen molar-refractivity contribution in [1.29, 1.82) is 0 Å². The summed E-state index contributed by atoms with van der Waals surface area (Å²) in [5.41, 5.74) is 9.68. The molecule has 0 radical (unpaired) electrons. The Balaban J connectivity index is 2.94. The summed E-state index contributed by atoms with van der Waals surface area (Å²) in [5.74, 6) is 3.57. The number of rotatable bonds is 2. The normalized spacial score (nSPS) is 14.1. The van der Waals surface area contributed by atoms with Gasteiger partial charge in [-0.05, 0) is 57.8 Å². The summed E-state index contributed by atoms with van der Waals surface area (Å²) >= 11 is 0. The van der Waals surface area contributed by atoms with Crippen LogP contribution in [0, 0.1) is 11.6 Å². The summed E-state index contributed by atoms with van der Waals surface area (Å²) in [4.78, 5) is 0. The molecule has 0 aliphatic carbocycles. The Morgan fingerprint density at radius 2 is 1.13 bits per heavy atom. The van der Waals surface area contributed by atoms with Gasteiger partial charge in [-0.15, -0.1) is 0 Å². The fraction of sp³-hybridized carbons (Fsp3) is 0.517. The van der Waals surface area contributed by atoms with Crippen molar-refractivity contribution in [2.45, 2.75) is 98.2 Å². The first-order valence-electron chi connectivity index (χ1n) is 11.5. The van der Waals surface area contributed by atoms with E-state index in [1.807, 2.05) is 0 Å². The second-order valence-electron chi connectivity index (χ2n) is 12.8. The van der Waals surface area contributed by atoms with Crippen molar-refractivity contribution in [3.8, 4) is 11.6 Å². The van der Waals surface area contributed by atoms with Gasteiger partial charge >= 0.3 is 0 Å². The largest absolute Gasteiger partial charge is 0.0925 e. The van der Waals surface area contributed by atoms with E-state index >= 15 is 0 Å². The minimum absolute atomic E-state index is 0.0747. The van der Waals surface area contributed by atoms with Gasteiger partial charge in [-0.2, -0.15) is 0 Å². The third-order valence-corrected chi connectivity index (χ3v) is 13.2. The molecule has 0 bridgehead atoms. The molecule has 1 atom stereocenters. The molecule has 2 aromatic carbocycles. The monoisotopic (exact) mass is 450 g/mol. The van der Waals surface area contributed by atoms with Gasteiger partial charge in [0.05, 0.1) is 7.74 Å². The quantitative estimate of drug-likeness (QED) is 0.244. The Morgan fingerprint density at radius 1 is 0.677 bits per heavy atom. The van der Waals surface area contributed by atoms with E-state index < -0.39 is 15.2 Å². The number of benzene rings is 2. The van der Waals surface area contributed by atoms with Gasteiger partial charge in [0.25, 0.3) is 0 Å². The average molecular weight is 451 g/mol. The summed E-state index contributed by atoms with van der Waals surface area (Å²) in [5, 5.41) is 1.56. The third-order valence-electron chi connectivity index (χ3n) is 5.57. The van der Waals surface area contributed by atoms with Crippen LogP contribution in [0.3, 0.4) is 0 Å². The second-order valence-corrected chi connectivity index (χ2v) is 23.8. The fourth-order valence-corrected chi connectivity index (χ4v) is 10.2. The minimum atomic E-state index is -1.57. The summed E-state index contributed by atoms with van der Waals surface area (Å²) < 4.78 is 0. The molecule has 0 saturated carbocycles. The number of hydrogen-bond acceptors (Lipinski definition) is 0. The second kappa shape index (κ2) is 8.88. The van der Waals surface area contributed by atoms with Crippen LogP contribution in [0.2, 0.25) is 19.6 Å². The van der Waals surface area contributed by atoms with Crippen molar-refractivity contribution in [3.05, 3.63) is 64.7 Å². The molecule has 0 saturated heterocycles. The molecule has 0 amide bonds. The maximum Gasteiger partial charge on any atom is 0.0925 e. The van der Waals surface area contributed by atoms with Crippen molar-refractivity contribution in [1.82, 2.24) is 0 Å². The highest BCUT2D eigenvalue weighted by Gasteiger charge is 2.37. The molecule has 31 heavy (non-hydrogen) atoms. The van der Waals surface area contributed by atoms with Crippen molar-refractivity contribution in [2.24, 2.45) is 0 Å². The molecule has 1 unspecified atom stereocenters. The first kappa shape index (κ1) is 25.9. The predicted octanol–water partition coefficient (Wildman–Crippen LogP) is 8.53. The van der Waals surface area contributed by atoms with Crippen molar-refractivity contribution >= 4 is 20.5 Å². The molecule has 0 N–H and O–H groups in total. The smallest absolute Gasteiger partial charge is 0.0710 e. The van der Waals surface area contributed by atoms with E-state index in [4.69, 9.17) is 0 Å². The molecule has 0 nitrogen and oxygen atoms in total. The molecule has 0 aromatic heterocycles. The highest BCUT2D eigenvalue weighted by molar-refractivity contribution is 8.03. The molecule has 0 spiro atoms. The highest BCUT2D eigenvalue weighted by Crippen LogP contribution is 2.50. The van der Waals surface area contributed by atoms with Gasteiger partial charge in [0, 0.05) is 5.56 Å². The lowest BCUT2D eigenvalue weighted by Gasteiger charge is -2.38. The van der Waals surface area contributed by atoms with Gasteiger partial charge in [-0.25, -0.2) is 0 Å². The maximum absolute atomic E-state index is 3.85. The SMILES string of the molecule is CC(C)(C)c1cc(C(C)(C)C)c(P(C#Cc2ccccc2)[Si](C)(C)C)c(C(C)(C)C)c1. The van der Waals surface area contributed by atoms with Crippen LogP contribution in [0.15, 0.2) is 42.5 Å². The maximum atomic E-state index is 3.85.